The molecule has 4 heteroatoms. The molecule has 0 radical (unpaired) electrons. The van der Waals surface area contributed by atoms with Crippen LogP contribution in [0.4, 0.5) is 0 Å². The van der Waals surface area contributed by atoms with E-state index in [1.165, 1.54) is 16.7 Å². The second-order valence-electron chi connectivity index (χ2n) is 5.39. The van der Waals surface area contributed by atoms with E-state index < -0.39 is 0 Å². The summed E-state index contributed by atoms with van der Waals surface area (Å²) in [7, 11) is 0. The Morgan fingerprint density at radius 2 is 1.95 bits per heavy atom. The van der Waals surface area contributed by atoms with E-state index >= 15 is 0 Å². The number of nitrogens with zero attached hydrogens (tertiary/aromatic N) is 3. The maximum atomic E-state index is 4.24. The Balaban J connectivity index is 1.55. The third kappa shape index (κ3) is 3.11. The van der Waals surface area contributed by atoms with Crippen LogP contribution in [0.15, 0.2) is 42.6 Å². The molecule has 1 N–H and O–H groups in total. The molecule has 0 bridgehead atoms. The van der Waals surface area contributed by atoms with Gasteiger partial charge >= 0.3 is 0 Å². The molecular formula is C17H20N4. The number of benzene rings is 1. The van der Waals surface area contributed by atoms with Gasteiger partial charge in [0.2, 0.25) is 0 Å². The van der Waals surface area contributed by atoms with E-state index in [0.717, 1.165) is 31.0 Å². The highest BCUT2D eigenvalue weighted by Gasteiger charge is 2.03. The van der Waals surface area contributed by atoms with E-state index in [0.29, 0.717) is 0 Å². The monoisotopic (exact) mass is 280 g/mol. The van der Waals surface area contributed by atoms with Crippen LogP contribution in [0, 0.1) is 13.8 Å². The number of aryl methyl sites for hydroxylation is 2. The lowest BCUT2D eigenvalue weighted by Crippen LogP contribution is -2.17. The molecule has 0 aliphatic carbocycles. The molecule has 108 valence electrons. The average molecular weight is 280 g/mol. The minimum Gasteiger partial charge on any atom is -0.312 e. The first kappa shape index (κ1) is 13.8. The van der Waals surface area contributed by atoms with Crippen molar-refractivity contribution >= 4 is 5.65 Å². The summed E-state index contributed by atoms with van der Waals surface area (Å²) in [5.74, 6) is 0.998. The van der Waals surface area contributed by atoms with Crippen molar-refractivity contribution in [3.05, 3.63) is 65.1 Å². The SMILES string of the molecule is Cc1ccc(CNCCc2nnc3ccccn23)cc1C. The van der Waals surface area contributed by atoms with Gasteiger partial charge in [0.15, 0.2) is 5.65 Å². The van der Waals surface area contributed by atoms with Crippen molar-refractivity contribution in [1.82, 2.24) is 19.9 Å². The van der Waals surface area contributed by atoms with Crippen LogP contribution in [0.5, 0.6) is 0 Å². The Kier molecular flexibility index (Phi) is 3.97. The van der Waals surface area contributed by atoms with Crippen LogP contribution in [0.1, 0.15) is 22.5 Å². The average Bonchev–Trinajstić information content (AvgIpc) is 2.91. The van der Waals surface area contributed by atoms with Crippen LogP contribution in [0.25, 0.3) is 5.65 Å². The summed E-state index contributed by atoms with van der Waals surface area (Å²) in [5, 5.41) is 11.9. The molecule has 0 atom stereocenters. The van der Waals surface area contributed by atoms with Gasteiger partial charge in [0.05, 0.1) is 0 Å². The molecule has 0 aliphatic rings. The normalized spacial score (nSPS) is 11.1. The van der Waals surface area contributed by atoms with Gasteiger partial charge in [-0.05, 0) is 42.7 Å². The van der Waals surface area contributed by atoms with Gasteiger partial charge in [-0.2, -0.15) is 0 Å². The number of hydrogen-bond acceptors (Lipinski definition) is 3. The molecule has 3 rings (SSSR count). The van der Waals surface area contributed by atoms with Crippen LogP contribution in [-0.2, 0) is 13.0 Å². The number of pyridine rings is 1. The Morgan fingerprint density at radius 3 is 2.81 bits per heavy atom. The summed E-state index contributed by atoms with van der Waals surface area (Å²) in [4.78, 5) is 0. The zero-order valence-corrected chi connectivity index (χ0v) is 12.5. The van der Waals surface area contributed by atoms with Crippen molar-refractivity contribution < 1.29 is 0 Å². The van der Waals surface area contributed by atoms with Gasteiger partial charge in [0, 0.05) is 25.7 Å². The molecule has 0 fully saturated rings. The van der Waals surface area contributed by atoms with Crippen molar-refractivity contribution in [3.8, 4) is 0 Å². The third-order valence-corrected chi connectivity index (χ3v) is 3.81. The predicted octanol–water partition coefficient (Wildman–Crippen LogP) is 2.68. The molecule has 4 nitrogen and oxygen atoms in total. The summed E-state index contributed by atoms with van der Waals surface area (Å²) in [5.41, 5.74) is 4.91. The van der Waals surface area contributed by atoms with Crippen molar-refractivity contribution in [1.29, 1.82) is 0 Å². The minimum atomic E-state index is 0.871. The van der Waals surface area contributed by atoms with Crippen LogP contribution < -0.4 is 5.32 Å². The summed E-state index contributed by atoms with van der Waals surface area (Å²) >= 11 is 0. The quantitative estimate of drug-likeness (QED) is 0.731. The fourth-order valence-electron chi connectivity index (χ4n) is 2.41. The second kappa shape index (κ2) is 6.06. The molecule has 0 saturated carbocycles. The fraction of sp³-hybridized carbons (Fsp3) is 0.294. The zero-order valence-electron chi connectivity index (χ0n) is 12.5. The number of fused-ring (bicyclic) bond motifs is 1. The fourth-order valence-corrected chi connectivity index (χ4v) is 2.41. The molecule has 2 heterocycles. The van der Waals surface area contributed by atoms with E-state index in [2.05, 4.69) is 47.6 Å². The molecule has 0 amide bonds. The molecule has 0 spiro atoms. The Bertz CT molecular complexity index is 745. The van der Waals surface area contributed by atoms with E-state index in [4.69, 9.17) is 0 Å². The van der Waals surface area contributed by atoms with Crippen molar-refractivity contribution in [2.24, 2.45) is 0 Å². The molecule has 21 heavy (non-hydrogen) atoms. The number of hydrogen-bond donors (Lipinski definition) is 1. The first-order valence-corrected chi connectivity index (χ1v) is 7.29. The zero-order chi connectivity index (χ0) is 14.7. The lowest BCUT2D eigenvalue weighted by Gasteiger charge is -2.07. The van der Waals surface area contributed by atoms with E-state index in [-0.39, 0.29) is 0 Å². The second-order valence-corrected chi connectivity index (χ2v) is 5.39. The topological polar surface area (TPSA) is 42.2 Å². The number of rotatable bonds is 5. The van der Waals surface area contributed by atoms with Gasteiger partial charge in [-0.15, -0.1) is 10.2 Å². The molecular weight excluding hydrogens is 260 g/mol. The van der Waals surface area contributed by atoms with Gasteiger partial charge in [-0.3, -0.25) is 4.40 Å². The summed E-state index contributed by atoms with van der Waals surface area (Å²) < 4.78 is 2.04. The molecule has 1 aromatic carbocycles. The minimum absolute atomic E-state index is 0.871. The molecule has 0 aliphatic heterocycles. The van der Waals surface area contributed by atoms with Crippen molar-refractivity contribution in [3.63, 3.8) is 0 Å². The Morgan fingerprint density at radius 1 is 1.05 bits per heavy atom. The maximum Gasteiger partial charge on any atom is 0.160 e. The Labute approximate surface area is 124 Å². The largest absolute Gasteiger partial charge is 0.312 e. The highest BCUT2D eigenvalue weighted by Crippen LogP contribution is 2.09. The maximum absolute atomic E-state index is 4.24. The van der Waals surface area contributed by atoms with Crippen molar-refractivity contribution in [2.75, 3.05) is 6.54 Å². The van der Waals surface area contributed by atoms with E-state index in [9.17, 15) is 0 Å². The first-order chi connectivity index (χ1) is 10.2. The summed E-state index contributed by atoms with van der Waals surface area (Å²) in [6.45, 7) is 6.07. The predicted molar refractivity (Wildman–Crippen MR) is 84.3 cm³/mol. The molecule has 2 aromatic heterocycles. The molecule has 0 unspecified atom stereocenters. The summed E-state index contributed by atoms with van der Waals surface area (Å²) in [6, 6.07) is 12.6. The number of aromatic nitrogens is 3. The van der Waals surface area contributed by atoms with E-state index in [1.54, 1.807) is 0 Å². The van der Waals surface area contributed by atoms with Crippen LogP contribution >= 0.6 is 0 Å². The lowest BCUT2D eigenvalue weighted by molar-refractivity contribution is 0.666. The van der Waals surface area contributed by atoms with Gasteiger partial charge in [0.1, 0.15) is 5.82 Å². The number of nitrogens with one attached hydrogen (secondary N) is 1. The molecule has 3 aromatic rings. The van der Waals surface area contributed by atoms with Gasteiger partial charge in [0.25, 0.3) is 0 Å². The summed E-state index contributed by atoms with van der Waals surface area (Å²) in [6.07, 6.45) is 2.88. The van der Waals surface area contributed by atoms with E-state index in [1.807, 2.05) is 28.8 Å². The lowest BCUT2D eigenvalue weighted by atomic mass is 10.1. The first-order valence-electron chi connectivity index (χ1n) is 7.29. The van der Waals surface area contributed by atoms with Crippen LogP contribution in [0.3, 0.4) is 0 Å². The van der Waals surface area contributed by atoms with Crippen LogP contribution in [-0.4, -0.2) is 21.1 Å². The van der Waals surface area contributed by atoms with Gasteiger partial charge in [-0.1, -0.05) is 24.3 Å². The van der Waals surface area contributed by atoms with Crippen molar-refractivity contribution in [2.45, 2.75) is 26.8 Å². The van der Waals surface area contributed by atoms with Crippen LogP contribution in [0.2, 0.25) is 0 Å². The highest BCUT2D eigenvalue weighted by atomic mass is 15.2. The van der Waals surface area contributed by atoms with Gasteiger partial charge in [-0.25, -0.2) is 0 Å². The van der Waals surface area contributed by atoms with Gasteiger partial charge < -0.3 is 5.32 Å². The highest BCUT2D eigenvalue weighted by molar-refractivity contribution is 5.37. The smallest absolute Gasteiger partial charge is 0.160 e. The third-order valence-electron chi connectivity index (χ3n) is 3.81. The Hall–Kier alpha value is -2.20. The molecule has 0 saturated heterocycles. The standard InChI is InChI=1S/C17H20N4/c1-13-6-7-15(11-14(13)2)12-18-9-8-17-20-19-16-5-3-4-10-21(16)17/h3-7,10-11,18H,8-9,12H2,1-2H3.